The molecular weight excluding hydrogens is 358 g/mol. The van der Waals surface area contributed by atoms with E-state index in [0.717, 1.165) is 12.0 Å². The van der Waals surface area contributed by atoms with Crippen LogP contribution in [-0.4, -0.2) is 45.9 Å². The number of imide groups is 1. The van der Waals surface area contributed by atoms with E-state index >= 15 is 0 Å². The lowest BCUT2D eigenvalue weighted by Crippen LogP contribution is -2.55. The van der Waals surface area contributed by atoms with Crippen LogP contribution in [0, 0.1) is 11.8 Å². The molecule has 6 atom stereocenters. The molecule has 6 unspecified atom stereocenters. The zero-order chi connectivity index (χ0) is 20.4. The number of nitrogens with zero attached hydrogens (tertiary/aromatic N) is 1. The van der Waals surface area contributed by atoms with Crippen LogP contribution in [0.25, 0.3) is 0 Å². The SMILES string of the molecule is CCc1ccc2c(c1)C1(NC(C(C)O)C3C(=O)N(C(C)CC)C(=O)C31)C(=O)N2. The van der Waals surface area contributed by atoms with Gasteiger partial charge in [0.2, 0.25) is 17.7 Å². The van der Waals surface area contributed by atoms with Crippen LogP contribution in [0.4, 0.5) is 5.69 Å². The Morgan fingerprint density at radius 2 is 1.89 bits per heavy atom. The molecule has 3 heterocycles. The highest BCUT2D eigenvalue weighted by molar-refractivity contribution is 6.15. The number of hydrogen-bond acceptors (Lipinski definition) is 5. The van der Waals surface area contributed by atoms with Crippen LogP contribution in [0.5, 0.6) is 0 Å². The Morgan fingerprint density at radius 3 is 2.50 bits per heavy atom. The fraction of sp³-hybridized carbons (Fsp3) is 0.571. The lowest BCUT2D eigenvalue weighted by atomic mass is 9.76. The van der Waals surface area contributed by atoms with Crippen molar-refractivity contribution in [3.8, 4) is 0 Å². The van der Waals surface area contributed by atoms with E-state index in [1.54, 1.807) is 6.92 Å². The zero-order valence-electron chi connectivity index (χ0n) is 16.7. The highest BCUT2D eigenvalue weighted by Gasteiger charge is 2.71. The average molecular weight is 385 g/mol. The second-order valence-electron chi connectivity index (χ2n) is 8.21. The van der Waals surface area contributed by atoms with Gasteiger partial charge in [-0.2, -0.15) is 0 Å². The number of carbonyl (C=O) groups excluding carboxylic acids is 3. The molecule has 0 bridgehead atoms. The number of fused-ring (bicyclic) bond motifs is 4. The smallest absolute Gasteiger partial charge is 0.250 e. The minimum Gasteiger partial charge on any atom is -0.392 e. The van der Waals surface area contributed by atoms with Gasteiger partial charge in [-0.05, 0) is 38.3 Å². The third-order valence-electron chi connectivity index (χ3n) is 6.71. The van der Waals surface area contributed by atoms with Crippen molar-refractivity contribution in [1.82, 2.24) is 10.2 Å². The molecule has 0 saturated carbocycles. The third kappa shape index (κ3) is 2.26. The summed E-state index contributed by atoms with van der Waals surface area (Å²) in [6.45, 7) is 7.38. The van der Waals surface area contributed by atoms with E-state index in [1.165, 1.54) is 4.90 Å². The van der Waals surface area contributed by atoms with Crippen molar-refractivity contribution in [1.29, 1.82) is 0 Å². The molecule has 0 radical (unpaired) electrons. The van der Waals surface area contributed by atoms with Crippen LogP contribution in [0.15, 0.2) is 18.2 Å². The first kappa shape index (κ1) is 19.1. The van der Waals surface area contributed by atoms with Crippen LogP contribution in [0.1, 0.15) is 45.2 Å². The van der Waals surface area contributed by atoms with Crippen molar-refractivity contribution >= 4 is 23.4 Å². The summed E-state index contributed by atoms with van der Waals surface area (Å²) in [5.41, 5.74) is 1.06. The van der Waals surface area contributed by atoms with E-state index in [4.69, 9.17) is 0 Å². The van der Waals surface area contributed by atoms with E-state index in [-0.39, 0.29) is 23.8 Å². The van der Waals surface area contributed by atoms with Crippen LogP contribution in [0.2, 0.25) is 0 Å². The summed E-state index contributed by atoms with van der Waals surface area (Å²) in [7, 11) is 0. The lowest BCUT2D eigenvalue weighted by Gasteiger charge is -2.31. The number of likely N-dealkylation sites (tertiary alicyclic amines) is 1. The topological polar surface area (TPSA) is 98.7 Å². The molecular formula is C21H27N3O4. The molecule has 3 amide bonds. The normalized spacial score (nSPS) is 33.2. The summed E-state index contributed by atoms with van der Waals surface area (Å²) in [5, 5.41) is 16.5. The molecule has 3 aliphatic rings. The summed E-state index contributed by atoms with van der Waals surface area (Å²) in [4.78, 5) is 41.2. The molecule has 3 aliphatic heterocycles. The summed E-state index contributed by atoms with van der Waals surface area (Å²) < 4.78 is 0. The maximum absolute atomic E-state index is 13.4. The van der Waals surface area contributed by atoms with Crippen LogP contribution >= 0.6 is 0 Å². The number of aliphatic hydroxyl groups excluding tert-OH is 1. The standard InChI is InChI=1S/C21H27N3O4/c1-5-10(3)24-18(26)15-16(19(24)27)21(23-17(15)11(4)25)13-9-12(6-2)7-8-14(13)22-20(21)28/h7-11,15-17,23,25H,5-6H2,1-4H3,(H,22,28). The van der Waals surface area contributed by atoms with Gasteiger partial charge in [0, 0.05) is 23.3 Å². The second kappa shape index (κ2) is 6.39. The number of carbonyl (C=O) groups is 3. The summed E-state index contributed by atoms with van der Waals surface area (Å²) in [5.74, 6) is -2.58. The molecule has 150 valence electrons. The van der Waals surface area contributed by atoms with Gasteiger partial charge in [0.15, 0.2) is 0 Å². The lowest BCUT2D eigenvalue weighted by molar-refractivity contribution is -0.145. The number of amides is 3. The molecule has 2 fully saturated rings. The number of aliphatic hydroxyl groups is 1. The van der Waals surface area contributed by atoms with Crippen LogP contribution < -0.4 is 10.6 Å². The van der Waals surface area contributed by atoms with Gasteiger partial charge in [0.25, 0.3) is 0 Å². The van der Waals surface area contributed by atoms with Crippen molar-refractivity contribution in [2.24, 2.45) is 11.8 Å². The molecule has 28 heavy (non-hydrogen) atoms. The minimum absolute atomic E-state index is 0.247. The summed E-state index contributed by atoms with van der Waals surface area (Å²) in [6, 6.07) is 4.82. The van der Waals surface area contributed by atoms with Gasteiger partial charge >= 0.3 is 0 Å². The van der Waals surface area contributed by atoms with E-state index in [9.17, 15) is 19.5 Å². The molecule has 1 aromatic carbocycles. The minimum atomic E-state index is -1.33. The van der Waals surface area contributed by atoms with Gasteiger partial charge in [-0.3, -0.25) is 24.6 Å². The predicted molar refractivity (Wildman–Crippen MR) is 103 cm³/mol. The van der Waals surface area contributed by atoms with E-state index in [1.807, 2.05) is 39.0 Å². The molecule has 7 heteroatoms. The van der Waals surface area contributed by atoms with Crippen molar-refractivity contribution in [3.05, 3.63) is 29.3 Å². The Morgan fingerprint density at radius 1 is 1.18 bits per heavy atom. The largest absolute Gasteiger partial charge is 0.392 e. The number of anilines is 1. The first-order valence-corrected chi connectivity index (χ1v) is 10.0. The number of nitrogens with one attached hydrogen (secondary N) is 2. The van der Waals surface area contributed by atoms with Crippen molar-refractivity contribution in [2.45, 2.75) is 64.3 Å². The fourth-order valence-electron chi connectivity index (χ4n) is 5.05. The molecule has 1 spiro atoms. The molecule has 7 nitrogen and oxygen atoms in total. The highest BCUT2D eigenvalue weighted by atomic mass is 16.3. The van der Waals surface area contributed by atoms with Crippen LogP contribution in [0.3, 0.4) is 0 Å². The first-order valence-electron chi connectivity index (χ1n) is 10.0. The van der Waals surface area contributed by atoms with E-state index in [2.05, 4.69) is 10.6 Å². The summed E-state index contributed by atoms with van der Waals surface area (Å²) >= 11 is 0. The third-order valence-corrected chi connectivity index (χ3v) is 6.71. The monoisotopic (exact) mass is 385 g/mol. The van der Waals surface area contributed by atoms with Crippen molar-refractivity contribution in [2.75, 3.05) is 5.32 Å². The molecule has 0 aliphatic carbocycles. The zero-order valence-corrected chi connectivity index (χ0v) is 16.7. The van der Waals surface area contributed by atoms with Gasteiger partial charge in [-0.25, -0.2) is 0 Å². The van der Waals surface area contributed by atoms with E-state index < -0.39 is 29.5 Å². The maximum atomic E-state index is 13.4. The Kier molecular flexibility index (Phi) is 4.35. The average Bonchev–Trinajstić information content (AvgIpc) is 3.26. The number of rotatable bonds is 4. The molecule has 0 aromatic heterocycles. The second-order valence-corrected chi connectivity index (χ2v) is 8.21. The maximum Gasteiger partial charge on any atom is 0.250 e. The van der Waals surface area contributed by atoms with E-state index in [0.29, 0.717) is 17.7 Å². The molecule has 2 saturated heterocycles. The Bertz CT molecular complexity index is 867. The molecule has 4 rings (SSSR count). The quantitative estimate of drug-likeness (QED) is 0.676. The molecule has 1 aromatic rings. The van der Waals surface area contributed by atoms with Gasteiger partial charge in [0.1, 0.15) is 5.54 Å². The number of hydrogen-bond donors (Lipinski definition) is 3. The fourth-order valence-corrected chi connectivity index (χ4v) is 5.05. The predicted octanol–water partition coefficient (Wildman–Crippen LogP) is 1.15. The number of aryl methyl sites for hydroxylation is 1. The van der Waals surface area contributed by atoms with Crippen molar-refractivity contribution < 1.29 is 19.5 Å². The van der Waals surface area contributed by atoms with Gasteiger partial charge in [0.05, 0.1) is 17.9 Å². The Labute approximate surface area is 164 Å². The van der Waals surface area contributed by atoms with Crippen molar-refractivity contribution in [3.63, 3.8) is 0 Å². The van der Waals surface area contributed by atoms with Gasteiger partial charge in [-0.15, -0.1) is 0 Å². The summed E-state index contributed by atoms with van der Waals surface area (Å²) in [6.07, 6.45) is 0.545. The Hall–Kier alpha value is -2.25. The Balaban J connectivity index is 1.91. The van der Waals surface area contributed by atoms with Crippen LogP contribution in [-0.2, 0) is 26.3 Å². The molecule has 3 N–H and O–H groups in total. The van der Waals surface area contributed by atoms with Gasteiger partial charge in [-0.1, -0.05) is 26.0 Å². The first-order chi connectivity index (χ1) is 13.3. The highest BCUT2D eigenvalue weighted by Crippen LogP contribution is 2.53. The number of benzene rings is 1. The van der Waals surface area contributed by atoms with Gasteiger partial charge < -0.3 is 10.4 Å².